The summed E-state index contributed by atoms with van der Waals surface area (Å²) in [4.78, 5) is 7.48. The first-order chi connectivity index (χ1) is 21.7. The first-order valence-corrected chi connectivity index (χ1v) is 14.1. The lowest BCUT2D eigenvalue weighted by Crippen LogP contribution is -1.95. The van der Waals surface area contributed by atoms with Crippen molar-refractivity contribution in [3.63, 3.8) is 0 Å². The van der Waals surface area contributed by atoms with E-state index in [9.17, 15) is 5.26 Å². The molecule has 202 valence electrons. The second kappa shape index (κ2) is 9.74. The number of aromatic nitrogens is 2. The highest BCUT2D eigenvalue weighted by molar-refractivity contribution is 6.12. The number of nitrogens with zero attached hydrogens (tertiary/aromatic N) is 5. The Morgan fingerprint density at radius 3 is 2.11 bits per heavy atom. The van der Waals surface area contributed by atoms with Crippen LogP contribution in [0.15, 0.2) is 127 Å². The number of rotatable bonds is 3. The van der Waals surface area contributed by atoms with Crippen LogP contribution in [0.4, 0.5) is 11.4 Å². The third kappa shape index (κ3) is 3.70. The first-order valence-electron chi connectivity index (χ1n) is 14.1. The largest absolute Gasteiger partial charge is 0.319 e. The Hall–Kier alpha value is -6.61. The molecule has 0 radical (unpaired) electrons. The minimum Gasteiger partial charge on any atom is -0.319 e. The molecule has 44 heavy (non-hydrogen) atoms. The van der Waals surface area contributed by atoms with E-state index >= 15 is 0 Å². The van der Waals surface area contributed by atoms with Crippen LogP contribution in [-0.2, 0) is 0 Å². The molecule has 2 heterocycles. The number of nitriles is 1. The Balaban J connectivity index is 1.37. The number of benzene rings is 6. The molecule has 5 nitrogen and oxygen atoms in total. The molecule has 0 fully saturated rings. The third-order valence-electron chi connectivity index (χ3n) is 8.36. The lowest BCUT2D eigenvalue weighted by molar-refractivity contribution is 1.18. The Morgan fingerprint density at radius 1 is 0.523 bits per heavy atom. The number of para-hydroxylation sites is 3. The fourth-order valence-electron chi connectivity index (χ4n) is 6.41. The predicted molar refractivity (Wildman–Crippen MR) is 178 cm³/mol. The van der Waals surface area contributed by atoms with Gasteiger partial charge in [0.2, 0.25) is 5.69 Å². The molecule has 0 N–H and O–H groups in total. The van der Waals surface area contributed by atoms with E-state index in [0.717, 1.165) is 66.1 Å². The van der Waals surface area contributed by atoms with Crippen LogP contribution in [0.25, 0.3) is 75.8 Å². The molecule has 0 aliphatic heterocycles. The van der Waals surface area contributed by atoms with Gasteiger partial charge in [0.25, 0.3) is 0 Å². The lowest BCUT2D eigenvalue weighted by Gasteiger charge is -2.12. The van der Waals surface area contributed by atoms with E-state index in [4.69, 9.17) is 13.1 Å². The number of hydrogen-bond donors (Lipinski definition) is 0. The molecule has 0 saturated carbocycles. The van der Waals surface area contributed by atoms with E-state index in [1.165, 1.54) is 0 Å². The van der Waals surface area contributed by atoms with Gasteiger partial charge in [-0.2, -0.15) is 5.26 Å². The molecule has 6 aromatic carbocycles. The lowest BCUT2D eigenvalue weighted by atomic mass is 10.0. The molecule has 0 amide bonds. The van der Waals surface area contributed by atoms with Crippen molar-refractivity contribution in [1.82, 2.24) is 9.13 Å². The van der Waals surface area contributed by atoms with Gasteiger partial charge in [0.05, 0.1) is 52.5 Å². The van der Waals surface area contributed by atoms with Gasteiger partial charge in [0.1, 0.15) is 0 Å². The van der Waals surface area contributed by atoms with Crippen LogP contribution in [-0.4, -0.2) is 9.13 Å². The van der Waals surface area contributed by atoms with Gasteiger partial charge in [-0.3, -0.25) is 0 Å². The standard InChI is InChI=1S/C39H21N5/c1-41-28-16-19-37-33(23-28)31-17-15-27(22-39(31)44(37)38-13-6-4-11-34(38)42-2)26-8-7-9-29(21-26)43-35-12-5-3-10-30(35)32-20-25(24-40)14-18-36(32)43/h3-23H. The molecule has 8 aromatic rings. The van der Waals surface area contributed by atoms with Gasteiger partial charge in [-0.1, -0.05) is 66.7 Å². The monoisotopic (exact) mass is 559 g/mol. The third-order valence-corrected chi connectivity index (χ3v) is 8.36. The SMILES string of the molecule is [C-]#[N+]c1ccc2c(c1)c1ccc(-c3cccc(-n4c5ccccc5c5cc(C#N)ccc54)c3)cc1n2-c1ccccc1[N+]#[C-]. The second-order valence-electron chi connectivity index (χ2n) is 10.7. The molecular formula is C39H21N5. The van der Waals surface area contributed by atoms with Crippen molar-refractivity contribution >= 4 is 55.0 Å². The summed E-state index contributed by atoms with van der Waals surface area (Å²) in [5, 5.41) is 13.7. The maximum absolute atomic E-state index is 9.54. The zero-order valence-corrected chi connectivity index (χ0v) is 23.4. The molecule has 5 heteroatoms. The number of hydrogen-bond acceptors (Lipinski definition) is 1. The Bertz CT molecular complexity index is 2600. The predicted octanol–water partition coefficient (Wildman–Crippen LogP) is 10.5. The van der Waals surface area contributed by atoms with Gasteiger partial charge in [-0.05, 0) is 77.2 Å². The van der Waals surface area contributed by atoms with Gasteiger partial charge >= 0.3 is 0 Å². The molecule has 0 aliphatic carbocycles. The van der Waals surface area contributed by atoms with Crippen LogP contribution < -0.4 is 0 Å². The molecule has 0 spiro atoms. The van der Waals surface area contributed by atoms with Crippen LogP contribution >= 0.6 is 0 Å². The smallest absolute Gasteiger partial charge is 0.210 e. The zero-order valence-electron chi connectivity index (χ0n) is 23.4. The molecule has 0 bridgehead atoms. The van der Waals surface area contributed by atoms with Crippen molar-refractivity contribution in [2.75, 3.05) is 0 Å². The average molecular weight is 560 g/mol. The van der Waals surface area contributed by atoms with Gasteiger partial charge < -0.3 is 9.13 Å². The summed E-state index contributed by atoms with van der Waals surface area (Å²) in [7, 11) is 0. The van der Waals surface area contributed by atoms with E-state index in [0.29, 0.717) is 16.9 Å². The maximum Gasteiger partial charge on any atom is 0.210 e. The van der Waals surface area contributed by atoms with Crippen molar-refractivity contribution in [3.05, 3.63) is 156 Å². The fraction of sp³-hybridized carbons (Fsp3) is 0. The van der Waals surface area contributed by atoms with E-state index in [1.807, 2.05) is 72.8 Å². The highest BCUT2D eigenvalue weighted by Crippen LogP contribution is 2.39. The van der Waals surface area contributed by atoms with Gasteiger partial charge in [-0.15, -0.1) is 0 Å². The van der Waals surface area contributed by atoms with Crippen LogP contribution in [0.2, 0.25) is 0 Å². The molecule has 8 rings (SSSR count). The van der Waals surface area contributed by atoms with E-state index in [1.54, 1.807) is 0 Å². The fourth-order valence-corrected chi connectivity index (χ4v) is 6.41. The van der Waals surface area contributed by atoms with Crippen LogP contribution in [0, 0.1) is 24.5 Å². The summed E-state index contributed by atoms with van der Waals surface area (Å²) in [6, 6.07) is 44.7. The van der Waals surface area contributed by atoms with Crippen molar-refractivity contribution in [2.45, 2.75) is 0 Å². The topological polar surface area (TPSA) is 42.4 Å². The summed E-state index contributed by atoms with van der Waals surface area (Å²) in [6.45, 7) is 15.4. The highest BCUT2D eigenvalue weighted by Gasteiger charge is 2.17. The van der Waals surface area contributed by atoms with Gasteiger partial charge in [0, 0.05) is 21.8 Å². The second-order valence-corrected chi connectivity index (χ2v) is 10.7. The normalized spacial score (nSPS) is 11.1. The summed E-state index contributed by atoms with van der Waals surface area (Å²) >= 11 is 0. The van der Waals surface area contributed by atoms with E-state index in [-0.39, 0.29) is 0 Å². The first kappa shape index (κ1) is 25.1. The summed E-state index contributed by atoms with van der Waals surface area (Å²) in [5.74, 6) is 0. The molecule has 0 unspecified atom stereocenters. The van der Waals surface area contributed by atoms with Gasteiger partial charge in [0.15, 0.2) is 5.69 Å². The molecule has 0 saturated heterocycles. The summed E-state index contributed by atoms with van der Waals surface area (Å²) in [6.07, 6.45) is 0. The Morgan fingerprint density at radius 2 is 1.25 bits per heavy atom. The average Bonchev–Trinajstić information content (AvgIpc) is 3.59. The van der Waals surface area contributed by atoms with Crippen LogP contribution in [0.3, 0.4) is 0 Å². The molecule has 2 aromatic heterocycles. The van der Waals surface area contributed by atoms with Crippen molar-refractivity contribution in [1.29, 1.82) is 5.26 Å². The summed E-state index contributed by atoms with van der Waals surface area (Å²) in [5.41, 5.74) is 9.78. The highest BCUT2D eigenvalue weighted by atomic mass is 15.0. The summed E-state index contributed by atoms with van der Waals surface area (Å²) < 4.78 is 4.39. The van der Waals surface area contributed by atoms with Crippen molar-refractivity contribution in [2.24, 2.45) is 0 Å². The Labute approximate surface area is 253 Å². The van der Waals surface area contributed by atoms with Crippen molar-refractivity contribution in [3.8, 4) is 28.6 Å². The maximum atomic E-state index is 9.54. The van der Waals surface area contributed by atoms with Gasteiger partial charge in [-0.25, -0.2) is 9.69 Å². The van der Waals surface area contributed by atoms with E-state index < -0.39 is 0 Å². The van der Waals surface area contributed by atoms with Crippen molar-refractivity contribution < 1.29 is 0 Å². The number of fused-ring (bicyclic) bond motifs is 6. The quantitative estimate of drug-likeness (QED) is 0.199. The molecule has 0 aliphatic rings. The minimum absolute atomic E-state index is 0.568. The Kier molecular flexibility index (Phi) is 5.56. The van der Waals surface area contributed by atoms with Crippen LogP contribution in [0.1, 0.15) is 5.56 Å². The minimum atomic E-state index is 0.568. The van der Waals surface area contributed by atoms with Crippen LogP contribution in [0.5, 0.6) is 0 Å². The zero-order chi connectivity index (χ0) is 29.8. The molecule has 0 atom stereocenters. The van der Waals surface area contributed by atoms with E-state index in [2.05, 4.69) is 79.5 Å². The molecular weight excluding hydrogens is 538 g/mol.